The zero-order valence-corrected chi connectivity index (χ0v) is 14.8. The van der Waals surface area contributed by atoms with Gasteiger partial charge in [-0.25, -0.2) is 9.69 Å². The molecule has 0 unspecified atom stereocenters. The molecule has 22 heavy (non-hydrogen) atoms. The molecule has 0 spiro atoms. The van der Waals surface area contributed by atoms with Crippen molar-refractivity contribution in [3.63, 3.8) is 0 Å². The van der Waals surface area contributed by atoms with Gasteiger partial charge >= 0.3 is 6.09 Å². The van der Waals surface area contributed by atoms with Gasteiger partial charge in [0, 0.05) is 19.1 Å². The minimum atomic E-state index is -0.668. The zero-order chi connectivity index (χ0) is 17.1. The van der Waals surface area contributed by atoms with Gasteiger partial charge in [-0.05, 0) is 26.2 Å². The maximum atomic E-state index is 12.5. The lowest BCUT2D eigenvalue weighted by atomic mass is 9.89. The van der Waals surface area contributed by atoms with Gasteiger partial charge in [-0.15, -0.1) is 0 Å². The summed E-state index contributed by atoms with van der Waals surface area (Å²) in [6.07, 6.45) is 3.63. The summed E-state index contributed by atoms with van der Waals surface area (Å²) in [4.78, 5) is 25.8. The Morgan fingerprint density at radius 3 is 2.45 bits per heavy atom. The number of nitrogens with zero attached hydrogens (tertiary/aromatic N) is 1. The van der Waals surface area contributed by atoms with E-state index in [1.165, 1.54) is 11.0 Å². The number of carbonyl (C=O) groups excluding carboxylic acids is 2. The van der Waals surface area contributed by atoms with Crippen LogP contribution in [-0.2, 0) is 14.3 Å². The maximum absolute atomic E-state index is 12.5. The fourth-order valence-corrected chi connectivity index (χ4v) is 3.28. The average Bonchev–Trinajstić information content (AvgIpc) is 2.66. The maximum Gasteiger partial charge on any atom is 0.417 e. The summed E-state index contributed by atoms with van der Waals surface area (Å²) in [7, 11) is 1.66. The molecule has 0 N–H and O–H groups in total. The van der Waals surface area contributed by atoms with Crippen LogP contribution in [-0.4, -0.2) is 41.8 Å². The number of hydrogen-bond acceptors (Lipinski definition) is 4. The molecule has 0 aromatic heterocycles. The Hall–Kier alpha value is -1.36. The van der Waals surface area contributed by atoms with Crippen molar-refractivity contribution >= 4 is 12.0 Å². The van der Waals surface area contributed by atoms with Crippen LogP contribution in [0.15, 0.2) is 12.2 Å². The molecule has 126 valence electrons. The summed E-state index contributed by atoms with van der Waals surface area (Å²) >= 11 is 0. The third kappa shape index (κ3) is 3.88. The summed E-state index contributed by atoms with van der Waals surface area (Å²) in [5.74, 6) is -0.103. The van der Waals surface area contributed by atoms with E-state index in [1.807, 2.05) is 41.5 Å². The first-order chi connectivity index (χ1) is 10.2. The van der Waals surface area contributed by atoms with E-state index < -0.39 is 11.7 Å². The highest BCUT2D eigenvalue weighted by Gasteiger charge is 2.51. The summed E-state index contributed by atoms with van der Waals surface area (Å²) in [6.45, 7) is 11.7. The van der Waals surface area contributed by atoms with Crippen LogP contribution in [0.3, 0.4) is 0 Å². The number of imide groups is 1. The van der Waals surface area contributed by atoms with E-state index in [0.29, 0.717) is 0 Å². The first-order valence-electron chi connectivity index (χ1n) is 7.92. The topological polar surface area (TPSA) is 55.8 Å². The van der Waals surface area contributed by atoms with Crippen molar-refractivity contribution in [3.8, 4) is 0 Å². The standard InChI is InChI=1S/C17H29NO4/c1-8-13(21-7)12(4)9-10-14(19)18-15(11(2)3)17(5,6)22-16(18)20/h9-13,15H,8H2,1-7H3/b10-9+/t12-,13-,15-/m0/s1. The average molecular weight is 311 g/mol. The van der Waals surface area contributed by atoms with E-state index in [4.69, 9.17) is 9.47 Å². The molecule has 0 aromatic carbocycles. The SMILES string of the molecule is CC[C@H](OC)[C@@H](C)/C=C/C(=O)N1C(=O)OC(C)(C)[C@@H]1C(C)C. The summed E-state index contributed by atoms with van der Waals surface area (Å²) in [6, 6.07) is -0.267. The first-order valence-corrected chi connectivity index (χ1v) is 7.92. The third-order valence-corrected chi connectivity index (χ3v) is 4.24. The highest BCUT2D eigenvalue weighted by atomic mass is 16.6. The molecule has 1 rings (SSSR count). The van der Waals surface area contributed by atoms with Crippen LogP contribution in [0.1, 0.15) is 48.0 Å². The second-order valence-electron chi connectivity index (χ2n) is 6.77. The van der Waals surface area contributed by atoms with Gasteiger partial charge in [0.15, 0.2) is 0 Å². The van der Waals surface area contributed by atoms with E-state index in [1.54, 1.807) is 13.2 Å². The number of rotatable bonds is 6. The van der Waals surface area contributed by atoms with Crippen molar-refractivity contribution in [2.24, 2.45) is 11.8 Å². The van der Waals surface area contributed by atoms with Gasteiger partial charge in [0.05, 0.1) is 12.1 Å². The Kier molecular flexibility index (Phi) is 6.17. The Morgan fingerprint density at radius 2 is 2.00 bits per heavy atom. The summed E-state index contributed by atoms with van der Waals surface area (Å²) in [5.41, 5.74) is -0.668. The third-order valence-electron chi connectivity index (χ3n) is 4.24. The van der Waals surface area contributed by atoms with Crippen LogP contribution >= 0.6 is 0 Å². The van der Waals surface area contributed by atoms with Crippen molar-refractivity contribution in [1.82, 2.24) is 4.90 Å². The van der Waals surface area contributed by atoms with Crippen LogP contribution in [0.4, 0.5) is 4.79 Å². The van der Waals surface area contributed by atoms with Crippen LogP contribution in [0.2, 0.25) is 0 Å². The van der Waals surface area contributed by atoms with E-state index in [-0.39, 0.29) is 29.9 Å². The van der Waals surface area contributed by atoms with Gasteiger partial charge < -0.3 is 9.47 Å². The van der Waals surface area contributed by atoms with Crippen LogP contribution in [0.5, 0.6) is 0 Å². The number of hydrogen-bond donors (Lipinski definition) is 0. The number of carbonyl (C=O) groups is 2. The van der Waals surface area contributed by atoms with E-state index >= 15 is 0 Å². The van der Waals surface area contributed by atoms with Crippen LogP contribution < -0.4 is 0 Å². The number of amides is 2. The fourth-order valence-electron chi connectivity index (χ4n) is 3.28. The Balaban J connectivity index is 2.90. The van der Waals surface area contributed by atoms with Crippen molar-refractivity contribution in [2.45, 2.75) is 65.7 Å². The largest absolute Gasteiger partial charge is 0.441 e. The van der Waals surface area contributed by atoms with Gasteiger partial charge in [0.2, 0.25) is 0 Å². The molecule has 5 heteroatoms. The van der Waals surface area contributed by atoms with E-state index in [9.17, 15) is 9.59 Å². The van der Waals surface area contributed by atoms with Crippen molar-refractivity contribution in [2.75, 3.05) is 7.11 Å². The molecular formula is C17H29NO4. The molecule has 0 saturated carbocycles. The highest BCUT2D eigenvalue weighted by molar-refractivity contribution is 6.00. The smallest absolute Gasteiger partial charge is 0.417 e. The minimum Gasteiger partial charge on any atom is -0.441 e. The highest BCUT2D eigenvalue weighted by Crippen LogP contribution is 2.34. The monoisotopic (exact) mass is 311 g/mol. The molecule has 1 aliphatic heterocycles. The lowest BCUT2D eigenvalue weighted by Gasteiger charge is -2.30. The van der Waals surface area contributed by atoms with Crippen LogP contribution in [0, 0.1) is 11.8 Å². The number of ether oxygens (including phenoxy) is 2. The molecule has 1 aliphatic rings. The zero-order valence-electron chi connectivity index (χ0n) is 14.8. The van der Waals surface area contributed by atoms with Gasteiger partial charge in [-0.3, -0.25) is 4.79 Å². The summed E-state index contributed by atoms with van der Waals surface area (Å²) < 4.78 is 10.7. The van der Waals surface area contributed by atoms with Gasteiger partial charge in [-0.2, -0.15) is 0 Å². The predicted octanol–water partition coefficient (Wildman–Crippen LogP) is 3.39. The van der Waals surface area contributed by atoms with Gasteiger partial charge in [0.25, 0.3) is 5.91 Å². The second kappa shape index (κ2) is 7.27. The van der Waals surface area contributed by atoms with Crippen molar-refractivity contribution in [3.05, 3.63) is 12.2 Å². The normalized spacial score (nSPS) is 23.9. The fraction of sp³-hybridized carbons (Fsp3) is 0.765. The second-order valence-corrected chi connectivity index (χ2v) is 6.77. The Morgan fingerprint density at radius 1 is 1.41 bits per heavy atom. The molecule has 0 radical (unpaired) electrons. The molecule has 3 atom stereocenters. The lowest BCUT2D eigenvalue weighted by Crippen LogP contribution is -2.47. The first kappa shape index (κ1) is 18.7. The molecular weight excluding hydrogens is 282 g/mol. The van der Waals surface area contributed by atoms with E-state index in [0.717, 1.165) is 6.42 Å². The number of methoxy groups -OCH3 is 1. The Bertz CT molecular complexity index is 438. The molecule has 5 nitrogen and oxygen atoms in total. The molecule has 1 saturated heterocycles. The van der Waals surface area contributed by atoms with Crippen molar-refractivity contribution in [1.29, 1.82) is 0 Å². The molecule has 0 aromatic rings. The molecule has 0 aliphatic carbocycles. The van der Waals surface area contributed by atoms with E-state index in [2.05, 4.69) is 0 Å². The van der Waals surface area contributed by atoms with Crippen molar-refractivity contribution < 1.29 is 19.1 Å². The molecule has 0 bridgehead atoms. The lowest BCUT2D eigenvalue weighted by molar-refractivity contribution is -0.125. The van der Waals surface area contributed by atoms with Crippen LogP contribution in [0.25, 0.3) is 0 Å². The minimum absolute atomic E-state index is 0.0620. The Labute approximate surface area is 133 Å². The predicted molar refractivity (Wildman–Crippen MR) is 85.4 cm³/mol. The van der Waals surface area contributed by atoms with Gasteiger partial charge in [-0.1, -0.05) is 33.8 Å². The number of cyclic esters (lactones) is 1. The molecule has 1 heterocycles. The van der Waals surface area contributed by atoms with Gasteiger partial charge in [0.1, 0.15) is 5.60 Å². The molecule has 2 amide bonds. The molecule has 1 fully saturated rings. The summed E-state index contributed by atoms with van der Waals surface area (Å²) in [5, 5.41) is 0. The quantitative estimate of drug-likeness (QED) is 0.706.